The fourth-order valence-corrected chi connectivity index (χ4v) is 4.60. The minimum atomic E-state index is -0.753. The highest BCUT2D eigenvalue weighted by Gasteiger charge is 2.41. The molecular formula is C26H36N4O5. The molecule has 0 bridgehead atoms. The van der Waals surface area contributed by atoms with Crippen molar-refractivity contribution in [1.29, 1.82) is 0 Å². The summed E-state index contributed by atoms with van der Waals surface area (Å²) in [5.41, 5.74) is 2.75. The number of hydrogen-bond donors (Lipinski definition) is 3. The fourth-order valence-electron chi connectivity index (χ4n) is 4.60. The standard InChI is InChI=1S/C26H36N4O5/c1-16(2)17(3)26(34)29-12-21(32)10-24(29)25(33)28-22(13-31)19-4-6-20(7-5-19)23-8-9-27-30(23)11-18-14-35-15-18/h4-9,16-18,21-22,24,31-32H,10-15H2,1-3H3,(H,28,33). The van der Waals surface area contributed by atoms with Crippen molar-refractivity contribution < 1.29 is 24.5 Å². The largest absolute Gasteiger partial charge is 0.394 e. The molecule has 2 fully saturated rings. The summed E-state index contributed by atoms with van der Waals surface area (Å²) < 4.78 is 7.24. The van der Waals surface area contributed by atoms with Gasteiger partial charge in [-0.2, -0.15) is 5.10 Å². The van der Waals surface area contributed by atoms with E-state index in [1.54, 1.807) is 6.20 Å². The number of aliphatic hydroxyl groups is 2. The number of likely N-dealkylation sites (tertiary alicyclic amines) is 1. The Morgan fingerprint density at radius 2 is 1.89 bits per heavy atom. The molecule has 2 aliphatic rings. The molecule has 2 saturated heterocycles. The van der Waals surface area contributed by atoms with Gasteiger partial charge in [0.25, 0.3) is 0 Å². The molecule has 2 amide bonds. The van der Waals surface area contributed by atoms with Gasteiger partial charge in [0.2, 0.25) is 11.8 Å². The highest BCUT2D eigenvalue weighted by atomic mass is 16.5. The van der Waals surface area contributed by atoms with Crippen molar-refractivity contribution in [3.8, 4) is 11.3 Å². The first-order valence-electron chi connectivity index (χ1n) is 12.4. The average molecular weight is 485 g/mol. The van der Waals surface area contributed by atoms with E-state index in [-0.39, 0.29) is 43.2 Å². The maximum atomic E-state index is 13.1. The molecule has 0 saturated carbocycles. The molecule has 4 atom stereocenters. The van der Waals surface area contributed by atoms with Gasteiger partial charge in [-0.15, -0.1) is 0 Å². The molecule has 35 heavy (non-hydrogen) atoms. The minimum Gasteiger partial charge on any atom is -0.394 e. The number of aliphatic hydroxyl groups excluding tert-OH is 2. The molecule has 0 radical (unpaired) electrons. The zero-order chi connectivity index (χ0) is 25.1. The van der Waals surface area contributed by atoms with Gasteiger partial charge in [-0.1, -0.05) is 45.0 Å². The molecule has 3 N–H and O–H groups in total. The van der Waals surface area contributed by atoms with Crippen LogP contribution in [0.4, 0.5) is 0 Å². The summed E-state index contributed by atoms with van der Waals surface area (Å²) in [6.07, 6.45) is 1.23. The van der Waals surface area contributed by atoms with Crippen molar-refractivity contribution in [2.24, 2.45) is 17.8 Å². The summed E-state index contributed by atoms with van der Waals surface area (Å²) in [5.74, 6) is -0.138. The van der Waals surface area contributed by atoms with Crippen molar-refractivity contribution >= 4 is 11.8 Å². The van der Waals surface area contributed by atoms with Gasteiger partial charge >= 0.3 is 0 Å². The van der Waals surface area contributed by atoms with Gasteiger partial charge in [0.05, 0.1) is 37.7 Å². The van der Waals surface area contributed by atoms with Crippen LogP contribution < -0.4 is 5.32 Å². The topological polar surface area (TPSA) is 117 Å². The number of nitrogens with one attached hydrogen (secondary N) is 1. The van der Waals surface area contributed by atoms with Crippen molar-refractivity contribution in [1.82, 2.24) is 20.0 Å². The Balaban J connectivity index is 1.44. The summed E-state index contributed by atoms with van der Waals surface area (Å²) in [6.45, 7) is 7.95. The van der Waals surface area contributed by atoms with Crippen molar-refractivity contribution in [3.63, 3.8) is 0 Å². The lowest BCUT2D eigenvalue weighted by atomic mass is 9.96. The number of benzene rings is 1. The summed E-state index contributed by atoms with van der Waals surface area (Å²) in [4.78, 5) is 27.5. The number of rotatable bonds is 9. The first kappa shape index (κ1) is 25.3. The molecule has 4 unspecified atom stereocenters. The van der Waals surface area contributed by atoms with E-state index in [2.05, 4.69) is 10.4 Å². The number of β-amino-alcohol motifs (C(OH)–C–C–N with tert-alkyl or cyclic N) is 1. The number of amides is 2. The Kier molecular flexibility index (Phi) is 7.88. The second-order valence-corrected chi connectivity index (χ2v) is 10.1. The average Bonchev–Trinajstić information content (AvgIpc) is 3.45. The zero-order valence-corrected chi connectivity index (χ0v) is 20.6. The number of carbonyl (C=O) groups is 2. The van der Waals surface area contributed by atoms with E-state index in [9.17, 15) is 19.8 Å². The SMILES string of the molecule is CC(C)C(C)C(=O)N1CC(O)CC1C(=O)NC(CO)c1ccc(-c2ccnn2CC2COC2)cc1. The van der Waals surface area contributed by atoms with Crippen LogP contribution in [0.25, 0.3) is 11.3 Å². The minimum absolute atomic E-state index is 0.131. The highest BCUT2D eigenvalue weighted by molar-refractivity contribution is 5.89. The Labute approximate surface area is 206 Å². The number of ether oxygens (including phenoxy) is 1. The number of nitrogens with zero attached hydrogens (tertiary/aromatic N) is 3. The van der Waals surface area contributed by atoms with Crippen LogP contribution in [0, 0.1) is 17.8 Å². The first-order chi connectivity index (χ1) is 16.8. The van der Waals surface area contributed by atoms with Gasteiger partial charge in [0.15, 0.2) is 0 Å². The van der Waals surface area contributed by atoms with Gasteiger partial charge in [-0.3, -0.25) is 14.3 Å². The summed E-state index contributed by atoms with van der Waals surface area (Å²) >= 11 is 0. The van der Waals surface area contributed by atoms with Crippen molar-refractivity contribution in [2.75, 3.05) is 26.4 Å². The molecule has 1 aromatic heterocycles. The summed E-state index contributed by atoms with van der Waals surface area (Å²) in [7, 11) is 0. The Morgan fingerprint density at radius 3 is 2.49 bits per heavy atom. The second kappa shape index (κ2) is 10.9. The lowest BCUT2D eigenvalue weighted by molar-refractivity contribution is -0.142. The molecule has 4 rings (SSSR count). The monoisotopic (exact) mass is 484 g/mol. The Morgan fingerprint density at radius 1 is 1.17 bits per heavy atom. The molecule has 2 aliphatic heterocycles. The fraction of sp³-hybridized carbons (Fsp3) is 0.577. The summed E-state index contributed by atoms with van der Waals surface area (Å²) in [6, 6.07) is 8.27. The van der Waals surface area contributed by atoms with E-state index < -0.39 is 18.2 Å². The van der Waals surface area contributed by atoms with Gasteiger partial charge in [-0.25, -0.2) is 0 Å². The van der Waals surface area contributed by atoms with Gasteiger partial charge in [0.1, 0.15) is 6.04 Å². The Hall–Kier alpha value is -2.75. The second-order valence-electron chi connectivity index (χ2n) is 10.1. The van der Waals surface area contributed by atoms with Gasteiger partial charge < -0.3 is 25.2 Å². The molecule has 9 nitrogen and oxygen atoms in total. The van der Waals surface area contributed by atoms with E-state index >= 15 is 0 Å². The number of aromatic nitrogens is 2. The predicted octanol–water partition coefficient (Wildman–Crippen LogP) is 1.60. The third-order valence-corrected chi connectivity index (χ3v) is 7.22. The van der Waals surface area contributed by atoms with Crippen LogP contribution in [0.15, 0.2) is 36.5 Å². The molecule has 3 heterocycles. The van der Waals surface area contributed by atoms with Gasteiger partial charge in [-0.05, 0) is 23.1 Å². The molecule has 0 spiro atoms. The number of hydrogen-bond acceptors (Lipinski definition) is 6. The van der Waals surface area contributed by atoms with E-state index in [1.807, 2.05) is 55.8 Å². The molecule has 1 aromatic carbocycles. The lowest BCUT2D eigenvalue weighted by Crippen LogP contribution is -2.49. The zero-order valence-electron chi connectivity index (χ0n) is 20.6. The van der Waals surface area contributed by atoms with E-state index in [4.69, 9.17) is 4.74 Å². The summed E-state index contributed by atoms with van der Waals surface area (Å²) in [5, 5.41) is 27.5. The molecule has 9 heteroatoms. The first-order valence-corrected chi connectivity index (χ1v) is 12.4. The van der Waals surface area contributed by atoms with Crippen LogP contribution in [-0.2, 0) is 20.9 Å². The van der Waals surface area contributed by atoms with Crippen LogP contribution >= 0.6 is 0 Å². The van der Waals surface area contributed by atoms with Crippen LogP contribution in [0.2, 0.25) is 0 Å². The third kappa shape index (κ3) is 5.58. The molecular weight excluding hydrogens is 448 g/mol. The molecule has 0 aliphatic carbocycles. The van der Waals surface area contributed by atoms with E-state index in [0.717, 1.165) is 36.6 Å². The Bertz CT molecular complexity index is 1020. The van der Waals surface area contributed by atoms with Crippen LogP contribution in [0.1, 0.15) is 38.8 Å². The maximum Gasteiger partial charge on any atom is 0.243 e. The lowest BCUT2D eigenvalue weighted by Gasteiger charge is -2.29. The van der Waals surface area contributed by atoms with E-state index in [1.165, 1.54) is 4.90 Å². The van der Waals surface area contributed by atoms with Crippen LogP contribution in [0.5, 0.6) is 0 Å². The van der Waals surface area contributed by atoms with Crippen molar-refractivity contribution in [2.45, 2.75) is 51.9 Å². The van der Waals surface area contributed by atoms with Gasteiger partial charge in [0, 0.05) is 37.5 Å². The van der Waals surface area contributed by atoms with Crippen LogP contribution in [-0.4, -0.2) is 75.2 Å². The third-order valence-electron chi connectivity index (χ3n) is 7.22. The van der Waals surface area contributed by atoms with Crippen molar-refractivity contribution in [3.05, 3.63) is 42.1 Å². The maximum absolute atomic E-state index is 13.1. The highest BCUT2D eigenvalue weighted by Crippen LogP contribution is 2.26. The molecule has 2 aromatic rings. The number of carbonyl (C=O) groups excluding carboxylic acids is 2. The predicted molar refractivity (Wildman–Crippen MR) is 130 cm³/mol. The molecule has 190 valence electrons. The normalized spacial score (nSPS) is 22.2. The van der Waals surface area contributed by atoms with E-state index in [0.29, 0.717) is 5.92 Å². The smallest absolute Gasteiger partial charge is 0.243 e. The van der Waals surface area contributed by atoms with Crippen LogP contribution in [0.3, 0.4) is 0 Å². The quantitative estimate of drug-likeness (QED) is 0.498.